The molecule has 5 heteroatoms. The highest BCUT2D eigenvalue weighted by molar-refractivity contribution is 7.99. The van der Waals surface area contributed by atoms with Crippen LogP contribution in [0.5, 0.6) is 0 Å². The fourth-order valence-electron chi connectivity index (χ4n) is 4.08. The Bertz CT molecular complexity index is 1450. The van der Waals surface area contributed by atoms with Gasteiger partial charge in [0, 0.05) is 16.2 Å². The Balaban J connectivity index is 1.78. The normalized spacial score (nSPS) is 12.5. The molecule has 0 aliphatic rings. The minimum atomic E-state index is -0.0750. The molecule has 0 unspecified atom stereocenters. The first-order chi connectivity index (χ1) is 15.0. The van der Waals surface area contributed by atoms with Gasteiger partial charge in [0.2, 0.25) is 0 Å². The SMILES string of the molecule is Cc1cc(C)cc(-n2c(S[C@@H](C)c3ccccc3)nc3c([nH]c4ccccc43)c2=O)c1. The third-order valence-electron chi connectivity index (χ3n) is 5.51. The van der Waals surface area contributed by atoms with Gasteiger partial charge in [0.25, 0.3) is 5.56 Å². The average Bonchev–Trinajstić information content (AvgIpc) is 3.13. The second kappa shape index (κ2) is 7.75. The van der Waals surface area contributed by atoms with Crippen molar-refractivity contribution < 1.29 is 0 Å². The number of nitrogens with one attached hydrogen (secondary N) is 1. The number of hydrogen-bond acceptors (Lipinski definition) is 3. The molecule has 2 aromatic heterocycles. The predicted octanol–water partition coefficient (Wildman–Crippen LogP) is 6.34. The lowest BCUT2D eigenvalue weighted by Gasteiger charge is -2.17. The van der Waals surface area contributed by atoms with Crippen LogP contribution in [0.15, 0.2) is 82.7 Å². The molecule has 0 saturated carbocycles. The Hall–Kier alpha value is -3.31. The van der Waals surface area contributed by atoms with Gasteiger partial charge in [-0.1, -0.05) is 66.4 Å². The van der Waals surface area contributed by atoms with E-state index < -0.39 is 0 Å². The molecule has 0 aliphatic heterocycles. The molecule has 0 fully saturated rings. The van der Waals surface area contributed by atoms with Gasteiger partial charge in [-0.25, -0.2) is 4.98 Å². The molecule has 0 bridgehead atoms. The molecule has 4 nitrogen and oxygen atoms in total. The smallest absolute Gasteiger partial charge is 0.283 e. The Kier molecular flexibility index (Phi) is 4.91. The standard InChI is InChI=1S/C26H23N3OS/c1-16-13-17(2)15-20(14-16)29-25(30)24-23(21-11-7-8-12-22(21)27-24)28-26(29)31-18(3)19-9-5-4-6-10-19/h4-15,18,27H,1-3H3/t18-/m0/s1. The molecule has 1 atom stereocenters. The minimum Gasteiger partial charge on any atom is -0.349 e. The van der Waals surface area contributed by atoms with E-state index >= 15 is 0 Å². The first-order valence-corrected chi connectivity index (χ1v) is 11.2. The number of nitrogens with zero attached hydrogens (tertiary/aromatic N) is 2. The van der Waals surface area contributed by atoms with E-state index in [1.54, 1.807) is 16.3 Å². The Labute approximate surface area is 185 Å². The second-order valence-electron chi connectivity index (χ2n) is 7.95. The van der Waals surface area contributed by atoms with Gasteiger partial charge in [-0.2, -0.15) is 0 Å². The summed E-state index contributed by atoms with van der Waals surface area (Å²) in [5.74, 6) is 0. The molecule has 154 valence electrons. The van der Waals surface area contributed by atoms with E-state index in [0.29, 0.717) is 10.7 Å². The molecule has 31 heavy (non-hydrogen) atoms. The van der Waals surface area contributed by atoms with Crippen LogP contribution in [-0.2, 0) is 0 Å². The first kappa shape index (κ1) is 19.6. The molecular weight excluding hydrogens is 402 g/mol. The molecule has 3 aromatic carbocycles. The van der Waals surface area contributed by atoms with Crippen LogP contribution < -0.4 is 5.56 Å². The molecule has 2 heterocycles. The van der Waals surface area contributed by atoms with Crippen LogP contribution in [0, 0.1) is 13.8 Å². The van der Waals surface area contributed by atoms with E-state index in [-0.39, 0.29) is 10.8 Å². The van der Waals surface area contributed by atoms with Gasteiger partial charge in [-0.05, 0) is 55.7 Å². The van der Waals surface area contributed by atoms with Crippen LogP contribution in [0.1, 0.15) is 28.9 Å². The van der Waals surface area contributed by atoms with Gasteiger partial charge >= 0.3 is 0 Å². The highest BCUT2D eigenvalue weighted by Crippen LogP contribution is 2.35. The number of fused-ring (bicyclic) bond motifs is 3. The summed E-state index contributed by atoms with van der Waals surface area (Å²) in [6, 6.07) is 24.5. The van der Waals surface area contributed by atoms with Gasteiger partial charge in [-0.3, -0.25) is 9.36 Å². The summed E-state index contributed by atoms with van der Waals surface area (Å²) in [6.45, 7) is 6.25. The van der Waals surface area contributed by atoms with Crippen molar-refractivity contribution >= 4 is 33.7 Å². The van der Waals surface area contributed by atoms with E-state index in [1.165, 1.54) is 5.56 Å². The Morgan fingerprint density at radius 3 is 2.35 bits per heavy atom. The molecule has 5 rings (SSSR count). The molecule has 0 spiro atoms. The van der Waals surface area contributed by atoms with Crippen molar-refractivity contribution in [3.63, 3.8) is 0 Å². The number of benzene rings is 3. The van der Waals surface area contributed by atoms with Crippen LogP contribution >= 0.6 is 11.8 Å². The Morgan fingerprint density at radius 2 is 1.61 bits per heavy atom. The van der Waals surface area contributed by atoms with E-state index in [9.17, 15) is 4.79 Å². The lowest BCUT2D eigenvalue weighted by Crippen LogP contribution is -2.22. The van der Waals surface area contributed by atoms with Gasteiger partial charge in [-0.15, -0.1) is 0 Å². The molecule has 5 aromatic rings. The number of aromatic amines is 1. The Morgan fingerprint density at radius 1 is 0.935 bits per heavy atom. The van der Waals surface area contributed by atoms with Crippen molar-refractivity contribution in [1.82, 2.24) is 14.5 Å². The van der Waals surface area contributed by atoms with Crippen molar-refractivity contribution in [2.75, 3.05) is 0 Å². The lowest BCUT2D eigenvalue weighted by atomic mass is 10.1. The van der Waals surface area contributed by atoms with Crippen molar-refractivity contribution in [3.8, 4) is 5.69 Å². The van der Waals surface area contributed by atoms with Gasteiger partial charge in [0.1, 0.15) is 11.0 Å². The third-order valence-corrected chi connectivity index (χ3v) is 6.62. The van der Waals surface area contributed by atoms with E-state index in [2.05, 4.69) is 44.0 Å². The molecule has 0 amide bonds. The number of para-hydroxylation sites is 1. The molecule has 1 N–H and O–H groups in total. The fraction of sp³-hybridized carbons (Fsp3) is 0.154. The number of aromatic nitrogens is 3. The van der Waals surface area contributed by atoms with Crippen LogP contribution in [0.3, 0.4) is 0 Å². The number of hydrogen-bond donors (Lipinski definition) is 1. The zero-order chi connectivity index (χ0) is 21.5. The second-order valence-corrected chi connectivity index (χ2v) is 9.25. The molecule has 0 aliphatic carbocycles. The van der Waals surface area contributed by atoms with Crippen LogP contribution in [-0.4, -0.2) is 14.5 Å². The summed E-state index contributed by atoms with van der Waals surface area (Å²) in [6.07, 6.45) is 0. The van der Waals surface area contributed by atoms with Crippen LogP contribution in [0.25, 0.3) is 27.6 Å². The number of H-pyrrole nitrogens is 1. The van der Waals surface area contributed by atoms with Gasteiger partial charge in [0.15, 0.2) is 5.16 Å². The lowest BCUT2D eigenvalue weighted by molar-refractivity contribution is 0.812. The maximum absolute atomic E-state index is 13.7. The van der Waals surface area contributed by atoms with E-state index in [0.717, 1.165) is 33.2 Å². The van der Waals surface area contributed by atoms with Crippen molar-refractivity contribution in [1.29, 1.82) is 0 Å². The summed E-state index contributed by atoms with van der Waals surface area (Å²) in [5.41, 5.74) is 6.39. The largest absolute Gasteiger partial charge is 0.349 e. The average molecular weight is 426 g/mol. The third kappa shape index (κ3) is 3.55. The highest BCUT2D eigenvalue weighted by atomic mass is 32.2. The highest BCUT2D eigenvalue weighted by Gasteiger charge is 2.19. The monoisotopic (exact) mass is 425 g/mol. The van der Waals surface area contributed by atoms with Crippen LogP contribution in [0.4, 0.5) is 0 Å². The summed E-state index contributed by atoms with van der Waals surface area (Å²) in [5, 5.41) is 1.81. The number of aryl methyl sites for hydroxylation is 2. The van der Waals surface area contributed by atoms with Crippen molar-refractivity contribution in [2.24, 2.45) is 0 Å². The number of rotatable bonds is 4. The summed E-state index contributed by atoms with van der Waals surface area (Å²) in [7, 11) is 0. The fourth-order valence-corrected chi connectivity index (χ4v) is 5.13. The maximum atomic E-state index is 13.7. The first-order valence-electron chi connectivity index (χ1n) is 10.3. The van der Waals surface area contributed by atoms with Gasteiger partial charge < -0.3 is 4.98 Å². The molecule has 0 saturated heterocycles. The molecule has 0 radical (unpaired) electrons. The quantitative estimate of drug-likeness (QED) is 0.270. The topological polar surface area (TPSA) is 50.7 Å². The van der Waals surface area contributed by atoms with E-state index in [4.69, 9.17) is 4.98 Å². The summed E-state index contributed by atoms with van der Waals surface area (Å²) >= 11 is 1.61. The van der Waals surface area contributed by atoms with Crippen molar-refractivity contribution in [2.45, 2.75) is 31.2 Å². The van der Waals surface area contributed by atoms with Crippen LogP contribution in [0.2, 0.25) is 0 Å². The zero-order valence-electron chi connectivity index (χ0n) is 17.7. The number of thioether (sulfide) groups is 1. The van der Waals surface area contributed by atoms with E-state index in [1.807, 2.05) is 54.6 Å². The summed E-state index contributed by atoms with van der Waals surface area (Å²) in [4.78, 5) is 22.1. The summed E-state index contributed by atoms with van der Waals surface area (Å²) < 4.78 is 1.75. The molecular formula is C26H23N3OS. The van der Waals surface area contributed by atoms with Crippen molar-refractivity contribution in [3.05, 3.63) is 99.8 Å². The predicted molar refractivity (Wildman–Crippen MR) is 129 cm³/mol. The minimum absolute atomic E-state index is 0.0750. The zero-order valence-corrected chi connectivity index (χ0v) is 18.5. The maximum Gasteiger partial charge on any atom is 0.283 e. The van der Waals surface area contributed by atoms with Gasteiger partial charge in [0.05, 0.1) is 5.69 Å².